The largest absolute Gasteiger partial charge is 0.372 e. The number of halogens is 1. The number of anilines is 1. The van der Waals surface area contributed by atoms with Crippen molar-refractivity contribution >= 4 is 17.3 Å². The number of nitrogens with zero attached hydrogens (tertiary/aromatic N) is 2. The molecule has 0 fully saturated rings. The van der Waals surface area contributed by atoms with Gasteiger partial charge in [0.05, 0.1) is 10.7 Å². The number of nitrogens with one attached hydrogen (secondary N) is 1. The normalized spacial score (nSPS) is 12.0. The highest BCUT2D eigenvalue weighted by Crippen LogP contribution is 2.29. The number of para-hydroxylation sites is 1. The van der Waals surface area contributed by atoms with Gasteiger partial charge >= 0.3 is 0 Å². The predicted octanol–water partition coefficient (Wildman–Crippen LogP) is 3.23. The third-order valence-corrected chi connectivity index (χ3v) is 3.45. The lowest BCUT2D eigenvalue weighted by Gasteiger charge is -2.27. The van der Waals surface area contributed by atoms with Crippen LogP contribution in [0.4, 0.5) is 5.69 Å². The van der Waals surface area contributed by atoms with Gasteiger partial charge in [0.1, 0.15) is 0 Å². The van der Waals surface area contributed by atoms with E-state index in [1.807, 2.05) is 12.1 Å². The first kappa shape index (κ1) is 17.3. The number of likely N-dealkylation sites (N-methyl/N-ethyl adjacent to an activating group) is 2. The van der Waals surface area contributed by atoms with Crippen molar-refractivity contribution in [1.82, 2.24) is 10.2 Å². The number of hydrogen-bond donors (Lipinski definition) is 1. The van der Waals surface area contributed by atoms with Gasteiger partial charge in [-0.1, -0.05) is 23.7 Å². The van der Waals surface area contributed by atoms with E-state index in [0.29, 0.717) is 0 Å². The molecule has 0 atom stereocenters. The summed E-state index contributed by atoms with van der Waals surface area (Å²) >= 11 is 6.41. The first-order chi connectivity index (χ1) is 9.20. The van der Waals surface area contributed by atoms with Crippen molar-refractivity contribution in [2.45, 2.75) is 32.9 Å². The number of hydrogen-bond acceptors (Lipinski definition) is 3. The molecule has 20 heavy (non-hydrogen) atoms. The molecule has 1 aromatic carbocycles. The van der Waals surface area contributed by atoms with E-state index in [-0.39, 0.29) is 5.54 Å². The average molecular weight is 298 g/mol. The first-order valence-electron chi connectivity index (χ1n) is 7.09. The van der Waals surface area contributed by atoms with Gasteiger partial charge in [-0.3, -0.25) is 0 Å². The van der Waals surface area contributed by atoms with Crippen LogP contribution in [0, 0.1) is 0 Å². The van der Waals surface area contributed by atoms with Crippen LogP contribution in [0.5, 0.6) is 0 Å². The van der Waals surface area contributed by atoms with Crippen LogP contribution in [0.3, 0.4) is 0 Å². The molecule has 0 bridgehead atoms. The van der Waals surface area contributed by atoms with Gasteiger partial charge in [-0.05, 0) is 46.5 Å². The fraction of sp³-hybridized carbons (Fsp3) is 0.625. The molecular formula is C16H28ClN3. The first-order valence-corrected chi connectivity index (χ1v) is 7.47. The van der Waals surface area contributed by atoms with Crippen molar-refractivity contribution in [3.05, 3.63) is 28.8 Å². The summed E-state index contributed by atoms with van der Waals surface area (Å²) in [5.74, 6) is 0. The molecule has 0 aliphatic carbocycles. The van der Waals surface area contributed by atoms with E-state index >= 15 is 0 Å². The van der Waals surface area contributed by atoms with Crippen molar-refractivity contribution in [2.75, 3.05) is 39.1 Å². The lowest BCUT2D eigenvalue weighted by Crippen LogP contribution is -2.36. The zero-order valence-corrected chi connectivity index (χ0v) is 14.4. The van der Waals surface area contributed by atoms with Crippen molar-refractivity contribution in [3.63, 3.8) is 0 Å². The van der Waals surface area contributed by atoms with E-state index in [1.165, 1.54) is 5.56 Å². The Morgan fingerprint density at radius 3 is 2.30 bits per heavy atom. The summed E-state index contributed by atoms with van der Waals surface area (Å²) in [6.07, 6.45) is 0. The minimum atomic E-state index is 0.0990. The molecule has 114 valence electrons. The maximum absolute atomic E-state index is 6.41. The molecule has 0 radical (unpaired) electrons. The summed E-state index contributed by atoms with van der Waals surface area (Å²) in [7, 11) is 6.27. The van der Waals surface area contributed by atoms with Crippen LogP contribution in [0.15, 0.2) is 18.2 Å². The van der Waals surface area contributed by atoms with Gasteiger partial charge in [0.15, 0.2) is 0 Å². The van der Waals surface area contributed by atoms with Gasteiger partial charge < -0.3 is 15.1 Å². The molecule has 0 aliphatic rings. The van der Waals surface area contributed by atoms with E-state index in [9.17, 15) is 0 Å². The van der Waals surface area contributed by atoms with Crippen LogP contribution >= 0.6 is 11.6 Å². The molecule has 0 aromatic heterocycles. The summed E-state index contributed by atoms with van der Waals surface area (Å²) in [5.41, 5.74) is 2.48. The summed E-state index contributed by atoms with van der Waals surface area (Å²) in [4.78, 5) is 4.42. The third kappa shape index (κ3) is 5.70. The Morgan fingerprint density at radius 1 is 1.10 bits per heavy atom. The second kappa shape index (κ2) is 7.30. The van der Waals surface area contributed by atoms with Crippen molar-refractivity contribution in [1.29, 1.82) is 0 Å². The molecule has 1 rings (SSSR count). The van der Waals surface area contributed by atoms with Crippen LogP contribution in [-0.4, -0.2) is 44.7 Å². The van der Waals surface area contributed by atoms with E-state index in [0.717, 1.165) is 30.3 Å². The van der Waals surface area contributed by atoms with Crippen LogP contribution in [-0.2, 0) is 6.54 Å². The molecular weight excluding hydrogens is 270 g/mol. The number of benzene rings is 1. The minimum absolute atomic E-state index is 0.0990. The zero-order valence-electron chi connectivity index (χ0n) is 13.6. The SMILES string of the molecule is CN(C)CCN(C)c1c(Cl)cccc1CNC(C)(C)C. The molecule has 0 heterocycles. The quantitative estimate of drug-likeness (QED) is 0.870. The van der Waals surface area contributed by atoms with Crippen LogP contribution in [0.1, 0.15) is 26.3 Å². The van der Waals surface area contributed by atoms with Gasteiger partial charge in [-0.15, -0.1) is 0 Å². The topological polar surface area (TPSA) is 18.5 Å². The minimum Gasteiger partial charge on any atom is -0.372 e. The Hall–Kier alpha value is -0.770. The highest BCUT2D eigenvalue weighted by molar-refractivity contribution is 6.33. The zero-order chi connectivity index (χ0) is 15.3. The Labute approximate surface area is 128 Å². The smallest absolute Gasteiger partial charge is 0.0642 e. The Bertz CT molecular complexity index is 424. The second-order valence-electron chi connectivity index (χ2n) is 6.58. The van der Waals surface area contributed by atoms with Crippen LogP contribution in [0.2, 0.25) is 5.02 Å². The van der Waals surface area contributed by atoms with Crippen molar-refractivity contribution in [3.8, 4) is 0 Å². The summed E-state index contributed by atoms with van der Waals surface area (Å²) in [6.45, 7) is 9.31. The molecule has 0 unspecified atom stereocenters. The fourth-order valence-electron chi connectivity index (χ4n) is 1.95. The van der Waals surface area contributed by atoms with E-state index in [4.69, 9.17) is 11.6 Å². The third-order valence-electron chi connectivity index (χ3n) is 3.14. The fourth-order valence-corrected chi connectivity index (χ4v) is 2.29. The molecule has 3 nitrogen and oxygen atoms in total. The maximum atomic E-state index is 6.41. The molecule has 0 saturated heterocycles. The van der Waals surface area contributed by atoms with Crippen LogP contribution < -0.4 is 10.2 Å². The highest BCUT2D eigenvalue weighted by Gasteiger charge is 2.14. The molecule has 0 aliphatic heterocycles. The molecule has 4 heteroatoms. The molecule has 0 amide bonds. The van der Waals surface area contributed by atoms with Gasteiger partial charge in [0.25, 0.3) is 0 Å². The molecule has 0 saturated carbocycles. The van der Waals surface area contributed by atoms with E-state index in [2.05, 4.69) is 63.1 Å². The standard InChI is InChI=1S/C16H28ClN3/c1-16(2,3)18-12-13-8-7-9-14(17)15(13)20(6)11-10-19(4)5/h7-9,18H,10-12H2,1-6H3. The van der Waals surface area contributed by atoms with E-state index < -0.39 is 0 Å². The lowest BCUT2D eigenvalue weighted by atomic mass is 10.1. The maximum Gasteiger partial charge on any atom is 0.0642 e. The Kier molecular flexibility index (Phi) is 6.31. The van der Waals surface area contributed by atoms with E-state index in [1.54, 1.807) is 0 Å². The van der Waals surface area contributed by atoms with Crippen LogP contribution in [0.25, 0.3) is 0 Å². The van der Waals surface area contributed by atoms with Crippen molar-refractivity contribution in [2.24, 2.45) is 0 Å². The van der Waals surface area contributed by atoms with Crippen molar-refractivity contribution < 1.29 is 0 Å². The second-order valence-corrected chi connectivity index (χ2v) is 6.98. The lowest BCUT2D eigenvalue weighted by molar-refractivity contribution is 0.415. The molecule has 0 spiro atoms. The summed E-state index contributed by atoms with van der Waals surface area (Å²) in [6, 6.07) is 6.13. The highest BCUT2D eigenvalue weighted by atomic mass is 35.5. The Morgan fingerprint density at radius 2 is 1.75 bits per heavy atom. The average Bonchev–Trinajstić information content (AvgIpc) is 2.32. The predicted molar refractivity (Wildman–Crippen MR) is 89.9 cm³/mol. The Balaban J connectivity index is 2.87. The van der Waals surface area contributed by atoms with Gasteiger partial charge in [-0.25, -0.2) is 0 Å². The van der Waals surface area contributed by atoms with Gasteiger partial charge in [-0.2, -0.15) is 0 Å². The number of rotatable bonds is 6. The summed E-state index contributed by atoms with van der Waals surface area (Å²) in [5, 5.41) is 4.35. The monoisotopic (exact) mass is 297 g/mol. The molecule has 1 N–H and O–H groups in total. The molecule has 1 aromatic rings. The summed E-state index contributed by atoms with van der Waals surface area (Å²) < 4.78 is 0. The van der Waals surface area contributed by atoms with Gasteiger partial charge in [0.2, 0.25) is 0 Å². The van der Waals surface area contributed by atoms with Gasteiger partial charge in [0, 0.05) is 32.2 Å².